The molecule has 3 heteroatoms. The van der Waals surface area contributed by atoms with Crippen molar-refractivity contribution in [2.24, 2.45) is 5.92 Å². The third-order valence-corrected chi connectivity index (χ3v) is 4.82. The molecule has 1 aliphatic heterocycles. The lowest BCUT2D eigenvalue weighted by Crippen LogP contribution is -2.43. The molecule has 2 atom stereocenters. The SMILES string of the molecule is Cc1cc(OC2CCCC(C)C2)ccc1N1CCNCC1. The number of aryl methyl sites for hydroxylation is 1. The number of hydrogen-bond acceptors (Lipinski definition) is 3. The molecular formula is C18H28N2O. The van der Waals surface area contributed by atoms with E-state index in [1.165, 1.54) is 36.9 Å². The molecule has 21 heavy (non-hydrogen) atoms. The molecule has 2 fully saturated rings. The molecule has 1 aliphatic carbocycles. The van der Waals surface area contributed by atoms with E-state index >= 15 is 0 Å². The lowest BCUT2D eigenvalue weighted by molar-refractivity contribution is 0.129. The number of piperazine rings is 1. The molecule has 1 aromatic carbocycles. The third-order valence-electron chi connectivity index (χ3n) is 4.82. The lowest BCUT2D eigenvalue weighted by Gasteiger charge is -2.31. The first-order valence-electron chi connectivity index (χ1n) is 8.45. The predicted octanol–water partition coefficient (Wildman–Crippen LogP) is 3.36. The van der Waals surface area contributed by atoms with Crippen LogP contribution in [-0.2, 0) is 0 Å². The van der Waals surface area contributed by atoms with Gasteiger partial charge in [-0.05, 0) is 55.9 Å². The molecule has 1 saturated heterocycles. The Balaban J connectivity index is 1.66. The van der Waals surface area contributed by atoms with Crippen LogP contribution in [0.2, 0.25) is 0 Å². The first-order valence-corrected chi connectivity index (χ1v) is 8.45. The fourth-order valence-electron chi connectivity index (χ4n) is 3.64. The Bertz CT molecular complexity index is 468. The van der Waals surface area contributed by atoms with Crippen molar-refractivity contribution in [2.45, 2.75) is 45.6 Å². The van der Waals surface area contributed by atoms with Crippen LogP contribution in [0.15, 0.2) is 18.2 Å². The smallest absolute Gasteiger partial charge is 0.120 e. The van der Waals surface area contributed by atoms with E-state index in [1.54, 1.807) is 0 Å². The molecule has 0 radical (unpaired) electrons. The highest BCUT2D eigenvalue weighted by Gasteiger charge is 2.20. The number of benzene rings is 1. The Morgan fingerprint density at radius 1 is 1.19 bits per heavy atom. The monoisotopic (exact) mass is 288 g/mol. The van der Waals surface area contributed by atoms with E-state index in [2.05, 4.69) is 42.3 Å². The topological polar surface area (TPSA) is 24.5 Å². The van der Waals surface area contributed by atoms with Crippen LogP contribution in [0.4, 0.5) is 5.69 Å². The number of nitrogens with one attached hydrogen (secondary N) is 1. The van der Waals surface area contributed by atoms with Crippen molar-refractivity contribution in [3.05, 3.63) is 23.8 Å². The largest absolute Gasteiger partial charge is 0.490 e. The summed E-state index contributed by atoms with van der Waals surface area (Å²) < 4.78 is 6.22. The zero-order valence-electron chi connectivity index (χ0n) is 13.4. The van der Waals surface area contributed by atoms with Gasteiger partial charge in [0.1, 0.15) is 5.75 Å². The highest BCUT2D eigenvalue weighted by Crippen LogP contribution is 2.30. The van der Waals surface area contributed by atoms with Gasteiger partial charge in [0, 0.05) is 31.9 Å². The fraction of sp³-hybridized carbons (Fsp3) is 0.667. The molecule has 3 nitrogen and oxygen atoms in total. The van der Waals surface area contributed by atoms with Gasteiger partial charge in [-0.15, -0.1) is 0 Å². The average Bonchev–Trinajstić information content (AvgIpc) is 2.48. The van der Waals surface area contributed by atoms with Crippen LogP contribution >= 0.6 is 0 Å². The van der Waals surface area contributed by atoms with Crippen molar-refractivity contribution >= 4 is 5.69 Å². The normalized spacial score (nSPS) is 26.7. The van der Waals surface area contributed by atoms with Gasteiger partial charge in [-0.25, -0.2) is 0 Å². The molecular weight excluding hydrogens is 260 g/mol. The Labute approximate surface area is 128 Å². The highest BCUT2D eigenvalue weighted by molar-refractivity contribution is 5.56. The van der Waals surface area contributed by atoms with E-state index in [1.807, 2.05) is 0 Å². The maximum Gasteiger partial charge on any atom is 0.120 e. The van der Waals surface area contributed by atoms with Crippen LogP contribution in [0.1, 0.15) is 38.2 Å². The van der Waals surface area contributed by atoms with E-state index in [0.29, 0.717) is 6.10 Å². The van der Waals surface area contributed by atoms with Crippen molar-refractivity contribution in [3.63, 3.8) is 0 Å². The molecule has 0 spiro atoms. The van der Waals surface area contributed by atoms with E-state index < -0.39 is 0 Å². The lowest BCUT2D eigenvalue weighted by atomic mass is 9.89. The summed E-state index contributed by atoms with van der Waals surface area (Å²) in [6.45, 7) is 8.90. The molecule has 1 aromatic rings. The summed E-state index contributed by atoms with van der Waals surface area (Å²) in [6, 6.07) is 6.61. The van der Waals surface area contributed by atoms with Crippen LogP contribution in [0.3, 0.4) is 0 Å². The molecule has 1 N–H and O–H groups in total. The van der Waals surface area contributed by atoms with Gasteiger partial charge in [0.2, 0.25) is 0 Å². The maximum atomic E-state index is 6.22. The van der Waals surface area contributed by atoms with Gasteiger partial charge in [0.15, 0.2) is 0 Å². The van der Waals surface area contributed by atoms with E-state index in [-0.39, 0.29) is 0 Å². The van der Waals surface area contributed by atoms with E-state index in [0.717, 1.165) is 37.8 Å². The van der Waals surface area contributed by atoms with E-state index in [9.17, 15) is 0 Å². The second kappa shape index (κ2) is 6.69. The number of anilines is 1. The second-order valence-corrected chi connectivity index (χ2v) is 6.70. The summed E-state index contributed by atoms with van der Waals surface area (Å²) in [5.74, 6) is 1.86. The number of rotatable bonds is 3. The molecule has 3 rings (SSSR count). The van der Waals surface area contributed by atoms with Gasteiger partial charge in [-0.2, -0.15) is 0 Å². The first kappa shape index (κ1) is 14.7. The van der Waals surface area contributed by atoms with Crippen molar-refractivity contribution in [2.75, 3.05) is 31.1 Å². The predicted molar refractivity (Wildman–Crippen MR) is 88.3 cm³/mol. The second-order valence-electron chi connectivity index (χ2n) is 6.70. The molecule has 2 unspecified atom stereocenters. The molecule has 0 aromatic heterocycles. The quantitative estimate of drug-likeness (QED) is 0.923. The molecule has 2 aliphatic rings. The van der Waals surface area contributed by atoms with Crippen LogP contribution in [0.5, 0.6) is 5.75 Å². The Hall–Kier alpha value is -1.22. The highest BCUT2D eigenvalue weighted by atomic mass is 16.5. The summed E-state index contributed by atoms with van der Waals surface area (Å²) in [6.07, 6.45) is 5.50. The molecule has 1 heterocycles. The number of hydrogen-bond donors (Lipinski definition) is 1. The number of ether oxygens (including phenoxy) is 1. The van der Waals surface area contributed by atoms with Gasteiger partial charge in [0.05, 0.1) is 6.10 Å². The molecule has 0 bridgehead atoms. The first-order chi connectivity index (χ1) is 10.2. The van der Waals surface area contributed by atoms with Crippen molar-refractivity contribution < 1.29 is 4.74 Å². The van der Waals surface area contributed by atoms with Gasteiger partial charge in [-0.3, -0.25) is 0 Å². The molecule has 1 saturated carbocycles. The zero-order valence-corrected chi connectivity index (χ0v) is 13.4. The number of nitrogens with zero attached hydrogens (tertiary/aromatic N) is 1. The fourth-order valence-corrected chi connectivity index (χ4v) is 3.64. The Kier molecular flexibility index (Phi) is 4.69. The average molecular weight is 288 g/mol. The van der Waals surface area contributed by atoms with Gasteiger partial charge in [0.25, 0.3) is 0 Å². The third kappa shape index (κ3) is 3.70. The zero-order chi connectivity index (χ0) is 14.7. The van der Waals surface area contributed by atoms with Crippen molar-refractivity contribution in [1.29, 1.82) is 0 Å². The summed E-state index contributed by atoms with van der Waals surface area (Å²) in [4.78, 5) is 2.47. The summed E-state index contributed by atoms with van der Waals surface area (Å²) in [5, 5.41) is 3.41. The summed E-state index contributed by atoms with van der Waals surface area (Å²) >= 11 is 0. The summed E-state index contributed by atoms with van der Waals surface area (Å²) in [5.41, 5.74) is 2.69. The van der Waals surface area contributed by atoms with Gasteiger partial charge >= 0.3 is 0 Å². The van der Waals surface area contributed by atoms with Gasteiger partial charge in [-0.1, -0.05) is 13.3 Å². The maximum absolute atomic E-state index is 6.22. The van der Waals surface area contributed by atoms with Crippen LogP contribution in [0.25, 0.3) is 0 Å². The van der Waals surface area contributed by atoms with Gasteiger partial charge < -0.3 is 15.0 Å². The Morgan fingerprint density at radius 2 is 2.00 bits per heavy atom. The van der Waals surface area contributed by atoms with E-state index in [4.69, 9.17) is 4.74 Å². The minimum Gasteiger partial charge on any atom is -0.490 e. The molecule has 0 amide bonds. The van der Waals surface area contributed by atoms with Crippen molar-refractivity contribution in [3.8, 4) is 5.75 Å². The molecule has 116 valence electrons. The Morgan fingerprint density at radius 3 is 2.71 bits per heavy atom. The van der Waals surface area contributed by atoms with Crippen molar-refractivity contribution in [1.82, 2.24) is 5.32 Å². The standard InChI is InChI=1S/C18H28N2O/c1-14-4-3-5-16(12-14)21-17-6-7-18(15(2)13-17)20-10-8-19-9-11-20/h6-7,13-14,16,19H,3-5,8-12H2,1-2H3. The summed E-state index contributed by atoms with van der Waals surface area (Å²) in [7, 11) is 0. The van der Waals surface area contributed by atoms with Crippen LogP contribution < -0.4 is 15.0 Å². The minimum absolute atomic E-state index is 0.415. The van der Waals surface area contributed by atoms with Crippen LogP contribution in [-0.4, -0.2) is 32.3 Å². The minimum atomic E-state index is 0.415. The van der Waals surface area contributed by atoms with Crippen LogP contribution in [0, 0.1) is 12.8 Å².